The molecule has 1 unspecified atom stereocenters. The zero-order valence-electron chi connectivity index (χ0n) is 12.6. The Labute approximate surface area is 103 Å². The second kappa shape index (κ2) is 6.64. The van der Waals surface area contributed by atoms with E-state index in [0.29, 0.717) is 10.8 Å². The molecule has 0 spiro atoms. The Morgan fingerprint density at radius 1 is 1.19 bits per heavy atom. The molecule has 1 fully saturated rings. The first-order valence-corrected chi connectivity index (χ1v) is 7.02. The normalized spacial score (nSPS) is 24.6. The zero-order valence-corrected chi connectivity index (χ0v) is 12.6. The molecule has 0 saturated heterocycles. The van der Waals surface area contributed by atoms with E-state index in [2.05, 4.69) is 39.9 Å². The summed E-state index contributed by atoms with van der Waals surface area (Å²) in [6, 6.07) is 0.762. The van der Waals surface area contributed by atoms with Crippen molar-refractivity contribution in [3.63, 3.8) is 0 Å². The van der Waals surface area contributed by atoms with Crippen molar-refractivity contribution < 1.29 is 0 Å². The Balaban J connectivity index is 0.00000106. The summed E-state index contributed by atoms with van der Waals surface area (Å²) in [4.78, 5) is 0. The summed E-state index contributed by atoms with van der Waals surface area (Å²) >= 11 is 0. The number of rotatable bonds is 2. The van der Waals surface area contributed by atoms with Crippen LogP contribution in [0.15, 0.2) is 0 Å². The van der Waals surface area contributed by atoms with Gasteiger partial charge in [0.25, 0.3) is 0 Å². The fourth-order valence-corrected chi connectivity index (χ4v) is 2.32. The minimum atomic E-state index is 0.418. The quantitative estimate of drug-likeness (QED) is 0.726. The molecular weight excluding hydrogens is 194 g/mol. The topological polar surface area (TPSA) is 12.0 Å². The van der Waals surface area contributed by atoms with Crippen molar-refractivity contribution in [2.75, 3.05) is 6.54 Å². The first-order valence-electron chi connectivity index (χ1n) is 7.02. The Bertz CT molecular complexity index is 176. The summed E-state index contributed by atoms with van der Waals surface area (Å²) in [5.41, 5.74) is 0.982. The standard InChI is InChI=1S/C13H27N.C2H6/c1-12(2,3)10-14-11-7-6-8-13(4,5)9-11;1-2/h11,14H,6-10H2,1-5H3;1-2H3. The van der Waals surface area contributed by atoms with Crippen molar-refractivity contribution in [1.29, 1.82) is 0 Å². The van der Waals surface area contributed by atoms with Gasteiger partial charge in [-0.2, -0.15) is 0 Å². The number of nitrogens with one attached hydrogen (secondary N) is 1. The van der Waals surface area contributed by atoms with Crippen LogP contribution in [0.5, 0.6) is 0 Å². The van der Waals surface area contributed by atoms with Gasteiger partial charge in [0.2, 0.25) is 0 Å². The first kappa shape index (κ1) is 16.0. The first-order chi connectivity index (χ1) is 7.29. The van der Waals surface area contributed by atoms with Crippen molar-refractivity contribution >= 4 is 0 Å². The fraction of sp³-hybridized carbons (Fsp3) is 1.00. The van der Waals surface area contributed by atoms with Crippen LogP contribution in [-0.2, 0) is 0 Å². The van der Waals surface area contributed by atoms with E-state index < -0.39 is 0 Å². The summed E-state index contributed by atoms with van der Waals surface area (Å²) in [7, 11) is 0. The summed E-state index contributed by atoms with van der Waals surface area (Å²) in [5.74, 6) is 0. The van der Waals surface area contributed by atoms with Crippen LogP contribution in [0.2, 0.25) is 0 Å². The molecule has 0 aromatic carbocycles. The van der Waals surface area contributed by atoms with Crippen molar-refractivity contribution in [1.82, 2.24) is 5.32 Å². The zero-order chi connectivity index (χ0) is 12.8. The average Bonchev–Trinajstić information content (AvgIpc) is 2.15. The largest absolute Gasteiger partial charge is 0.313 e. The van der Waals surface area contributed by atoms with Gasteiger partial charge in [-0.05, 0) is 30.1 Å². The van der Waals surface area contributed by atoms with Crippen molar-refractivity contribution in [3.8, 4) is 0 Å². The third-order valence-corrected chi connectivity index (χ3v) is 3.13. The minimum Gasteiger partial charge on any atom is -0.313 e. The van der Waals surface area contributed by atoms with Crippen LogP contribution in [0.1, 0.15) is 74.1 Å². The molecule has 98 valence electrons. The monoisotopic (exact) mass is 227 g/mol. The maximum absolute atomic E-state index is 3.72. The van der Waals surface area contributed by atoms with Gasteiger partial charge in [0.15, 0.2) is 0 Å². The number of hydrogen-bond donors (Lipinski definition) is 1. The molecule has 0 aromatic heterocycles. The summed E-state index contributed by atoms with van der Waals surface area (Å²) in [5, 5.41) is 3.72. The van der Waals surface area contributed by atoms with E-state index in [4.69, 9.17) is 0 Å². The maximum atomic E-state index is 3.72. The smallest absolute Gasteiger partial charge is 0.00723 e. The van der Waals surface area contributed by atoms with E-state index in [1.54, 1.807) is 0 Å². The van der Waals surface area contributed by atoms with E-state index in [9.17, 15) is 0 Å². The molecule has 0 bridgehead atoms. The Hall–Kier alpha value is -0.0400. The fourth-order valence-electron chi connectivity index (χ4n) is 2.32. The Kier molecular flexibility index (Phi) is 6.62. The molecule has 0 radical (unpaired) electrons. The van der Waals surface area contributed by atoms with Gasteiger partial charge in [-0.25, -0.2) is 0 Å². The number of hydrogen-bond acceptors (Lipinski definition) is 1. The molecule has 1 aliphatic carbocycles. The summed E-state index contributed by atoms with van der Waals surface area (Å²) in [6.07, 6.45) is 5.53. The highest BCUT2D eigenvalue weighted by Crippen LogP contribution is 2.35. The van der Waals surface area contributed by atoms with E-state index in [1.165, 1.54) is 25.7 Å². The van der Waals surface area contributed by atoms with E-state index >= 15 is 0 Å². The van der Waals surface area contributed by atoms with Crippen molar-refractivity contribution in [3.05, 3.63) is 0 Å². The van der Waals surface area contributed by atoms with Crippen LogP contribution < -0.4 is 5.32 Å². The lowest BCUT2D eigenvalue weighted by molar-refractivity contribution is 0.188. The summed E-state index contributed by atoms with van der Waals surface area (Å²) in [6.45, 7) is 16.8. The van der Waals surface area contributed by atoms with Crippen LogP contribution in [0.25, 0.3) is 0 Å². The van der Waals surface area contributed by atoms with Crippen LogP contribution in [-0.4, -0.2) is 12.6 Å². The van der Waals surface area contributed by atoms with Gasteiger partial charge in [0, 0.05) is 12.6 Å². The van der Waals surface area contributed by atoms with Crippen LogP contribution in [0.4, 0.5) is 0 Å². The Morgan fingerprint density at radius 3 is 2.19 bits per heavy atom. The minimum absolute atomic E-state index is 0.418. The van der Waals surface area contributed by atoms with E-state index in [1.807, 2.05) is 13.8 Å². The molecule has 0 aliphatic heterocycles. The third-order valence-electron chi connectivity index (χ3n) is 3.13. The molecule has 1 atom stereocenters. The van der Waals surface area contributed by atoms with Gasteiger partial charge in [-0.1, -0.05) is 54.9 Å². The van der Waals surface area contributed by atoms with E-state index in [0.717, 1.165) is 12.6 Å². The Morgan fingerprint density at radius 2 is 1.75 bits per heavy atom. The molecular formula is C15H33N. The molecule has 1 rings (SSSR count). The van der Waals surface area contributed by atoms with Crippen LogP contribution >= 0.6 is 0 Å². The van der Waals surface area contributed by atoms with Crippen LogP contribution in [0.3, 0.4) is 0 Å². The molecule has 1 saturated carbocycles. The second-order valence-electron chi connectivity index (χ2n) is 6.90. The molecule has 1 N–H and O–H groups in total. The lowest BCUT2D eigenvalue weighted by atomic mass is 9.75. The highest BCUT2D eigenvalue weighted by molar-refractivity contribution is 4.84. The van der Waals surface area contributed by atoms with Gasteiger partial charge in [-0.3, -0.25) is 0 Å². The predicted molar refractivity (Wildman–Crippen MR) is 74.8 cm³/mol. The van der Waals surface area contributed by atoms with Gasteiger partial charge in [-0.15, -0.1) is 0 Å². The van der Waals surface area contributed by atoms with E-state index in [-0.39, 0.29) is 0 Å². The van der Waals surface area contributed by atoms with Gasteiger partial charge >= 0.3 is 0 Å². The van der Waals surface area contributed by atoms with Gasteiger partial charge < -0.3 is 5.32 Å². The molecule has 0 aromatic rings. The summed E-state index contributed by atoms with van der Waals surface area (Å²) < 4.78 is 0. The average molecular weight is 227 g/mol. The molecule has 0 heterocycles. The maximum Gasteiger partial charge on any atom is 0.00723 e. The molecule has 1 aliphatic rings. The lowest BCUT2D eigenvalue weighted by Crippen LogP contribution is -2.40. The highest BCUT2D eigenvalue weighted by atomic mass is 14.9. The van der Waals surface area contributed by atoms with Crippen molar-refractivity contribution in [2.45, 2.75) is 80.2 Å². The van der Waals surface area contributed by atoms with Crippen molar-refractivity contribution in [2.24, 2.45) is 10.8 Å². The van der Waals surface area contributed by atoms with Gasteiger partial charge in [0.1, 0.15) is 0 Å². The lowest BCUT2D eigenvalue weighted by Gasteiger charge is -2.37. The molecule has 1 heteroatoms. The SMILES string of the molecule is CC.CC(C)(C)CNC1CCCC(C)(C)C1. The molecule has 16 heavy (non-hydrogen) atoms. The van der Waals surface area contributed by atoms with Gasteiger partial charge in [0.05, 0.1) is 0 Å². The predicted octanol–water partition coefficient (Wildman–Crippen LogP) is 4.62. The molecule has 1 nitrogen and oxygen atoms in total. The third kappa shape index (κ3) is 7.27. The second-order valence-corrected chi connectivity index (χ2v) is 6.90. The highest BCUT2D eigenvalue weighted by Gasteiger charge is 2.28. The molecule has 0 amide bonds. The van der Waals surface area contributed by atoms with Crippen LogP contribution in [0, 0.1) is 10.8 Å².